The molecule has 9 nitrogen and oxygen atoms in total. The lowest BCUT2D eigenvalue weighted by Crippen LogP contribution is -2.32. The van der Waals surface area contributed by atoms with Gasteiger partial charge in [0.25, 0.3) is 0 Å². The molecule has 0 atom stereocenters. The zero-order valence-electron chi connectivity index (χ0n) is 24.8. The molecule has 0 amide bonds. The SMILES string of the molecule is CN1CCCC1.Cc1nc2c(F)cc(-c3nc(Nc4ccc5c(n4)CCN(CC=O)C5)ncc3F)cc2n1C1CCCC1. The number of carbonyl (C=O) groups is 1. The lowest BCUT2D eigenvalue weighted by atomic mass is 10.1. The molecular formula is C32H38F2N8O. The summed E-state index contributed by atoms with van der Waals surface area (Å²) in [5.74, 6) is 0.331. The zero-order chi connectivity index (χ0) is 29.9. The summed E-state index contributed by atoms with van der Waals surface area (Å²) in [6, 6.07) is 7.10. The molecule has 2 aliphatic heterocycles. The van der Waals surface area contributed by atoms with Crippen LogP contribution in [0.25, 0.3) is 22.3 Å². The van der Waals surface area contributed by atoms with E-state index < -0.39 is 11.6 Å². The van der Waals surface area contributed by atoms with Crippen LogP contribution in [0.2, 0.25) is 0 Å². The summed E-state index contributed by atoms with van der Waals surface area (Å²) in [6.45, 7) is 6.35. The van der Waals surface area contributed by atoms with Crippen molar-refractivity contribution in [2.75, 3.05) is 38.5 Å². The Bertz CT molecular complexity index is 1610. The van der Waals surface area contributed by atoms with Gasteiger partial charge in [-0.05, 0) is 76.5 Å². The number of imidazole rings is 1. The maximum absolute atomic E-state index is 15.1. The third-order valence-electron chi connectivity index (χ3n) is 8.66. The van der Waals surface area contributed by atoms with E-state index in [1.165, 1.54) is 32.0 Å². The van der Waals surface area contributed by atoms with E-state index in [9.17, 15) is 9.18 Å². The number of pyridine rings is 1. The number of hydrogen-bond acceptors (Lipinski definition) is 8. The van der Waals surface area contributed by atoms with Crippen LogP contribution in [0.5, 0.6) is 0 Å². The molecule has 0 spiro atoms. The van der Waals surface area contributed by atoms with Crippen LogP contribution < -0.4 is 5.32 Å². The van der Waals surface area contributed by atoms with Gasteiger partial charge in [-0.15, -0.1) is 0 Å². The van der Waals surface area contributed by atoms with Crippen molar-refractivity contribution in [2.24, 2.45) is 0 Å². The number of fused-ring (bicyclic) bond motifs is 2. The number of anilines is 2. The summed E-state index contributed by atoms with van der Waals surface area (Å²) in [4.78, 5) is 32.8. The van der Waals surface area contributed by atoms with Gasteiger partial charge in [0, 0.05) is 36.8 Å². The molecule has 3 aromatic heterocycles. The molecule has 1 saturated heterocycles. The van der Waals surface area contributed by atoms with E-state index in [1.54, 1.807) is 6.07 Å². The number of likely N-dealkylation sites (tertiary alicyclic amines) is 1. The minimum absolute atomic E-state index is 0.0117. The van der Waals surface area contributed by atoms with Crippen LogP contribution in [0.4, 0.5) is 20.5 Å². The maximum Gasteiger partial charge on any atom is 0.229 e. The highest BCUT2D eigenvalue weighted by Gasteiger charge is 2.24. The smallest absolute Gasteiger partial charge is 0.229 e. The van der Waals surface area contributed by atoms with Gasteiger partial charge in [0.2, 0.25) is 5.95 Å². The second kappa shape index (κ2) is 12.8. The number of carbonyl (C=O) groups excluding carboxylic acids is 1. The molecule has 5 heterocycles. The Morgan fingerprint density at radius 2 is 1.79 bits per heavy atom. The Morgan fingerprint density at radius 3 is 2.51 bits per heavy atom. The number of nitrogens with one attached hydrogen (secondary N) is 1. The molecule has 1 aliphatic carbocycles. The summed E-state index contributed by atoms with van der Waals surface area (Å²) >= 11 is 0. The maximum atomic E-state index is 15.1. The minimum Gasteiger partial charge on any atom is -0.325 e. The van der Waals surface area contributed by atoms with Crippen LogP contribution >= 0.6 is 0 Å². The van der Waals surface area contributed by atoms with Crippen LogP contribution in [-0.4, -0.2) is 73.8 Å². The Morgan fingerprint density at radius 1 is 1.00 bits per heavy atom. The molecule has 3 aliphatic rings. The number of hydrogen-bond donors (Lipinski definition) is 1. The highest BCUT2D eigenvalue weighted by Crippen LogP contribution is 2.36. The molecule has 0 radical (unpaired) electrons. The molecular weight excluding hydrogens is 550 g/mol. The fourth-order valence-electron chi connectivity index (χ4n) is 6.45. The van der Waals surface area contributed by atoms with Gasteiger partial charge in [-0.2, -0.15) is 0 Å². The Kier molecular flexibility index (Phi) is 8.71. The minimum atomic E-state index is -0.637. The predicted octanol–water partition coefficient (Wildman–Crippen LogP) is 5.60. The van der Waals surface area contributed by atoms with Crippen molar-refractivity contribution in [3.63, 3.8) is 0 Å². The Hall–Kier alpha value is -3.83. The molecule has 43 heavy (non-hydrogen) atoms. The van der Waals surface area contributed by atoms with E-state index in [2.05, 4.69) is 46.7 Å². The first-order chi connectivity index (χ1) is 20.9. The van der Waals surface area contributed by atoms with Gasteiger partial charge in [0.05, 0.1) is 18.3 Å². The number of halogens is 2. The largest absolute Gasteiger partial charge is 0.325 e. The standard InChI is InChI=1S/C27H27F2N7O.C5H11N/c1-16-31-26-20(28)12-18(13-23(26)36(16)19-4-2-3-5-19)25-21(29)14-30-27(34-25)33-24-7-6-17-15-35(10-11-37)9-8-22(17)32-24;1-6-4-2-3-5-6/h6-7,11-14,19H,2-5,8-10,15H2,1H3,(H,30,32,33,34);2-5H2,1H3. The fraction of sp³-hybridized carbons (Fsp3) is 0.469. The monoisotopic (exact) mass is 588 g/mol. The molecule has 1 aromatic carbocycles. The number of rotatable bonds is 6. The fourth-order valence-corrected chi connectivity index (χ4v) is 6.45. The quantitative estimate of drug-likeness (QED) is 0.291. The van der Waals surface area contributed by atoms with Gasteiger partial charge in [0.1, 0.15) is 29.1 Å². The molecule has 11 heteroatoms. The van der Waals surface area contributed by atoms with Crippen molar-refractivity contribution in [1.29, 1.82) is 0 Å². The Balaban J connectivity index is 0.000000491. The van der Waals surface area contributed by atoms with Crippen molar-refractivity contribution < 1.29 is 13.6 Å². The number of aromatic nitrogens is 5. The second-order valence-corrected chi connectivity index (χ2v) is 11.8. The first-order valence-corrected chi connectivity index (χ1v) is 15.2. The molecule has 2 fully saturated rings. The summed E-state index contributed by atoms with van der Waals surface area (Å²) in [6.07, 6.45) is 9.86. The highest BCUT2D eigenvalue weighted by molar-refractivity contribution is 5.83. The lowest BCUT2D eigenvalue weighted by molar-refractivity contribution is -0.109. The molecule has 0 unspecified atom stereocenters. The van der Waals surface area contributed by atoms with Gasteiger partial charge < -0.3 is 19.6 Å². The van der Waals surface area contributed by atoms with Crippen molar-refractivity contribution in [2.45, 2.75) is 64.5 Å². The average Bonchev–Trinajstić information content (AvgIpc) is 3.76. The van der Waals surface area contributed by atoms with Crippen LogP contribution in [0, 0.1) is 18.6 Å². The van der Waals surface area contributed by atoms with Crippen LogP contribution in [0.3, 0.4) is 0 Å². The predicted molar refractivity (Wildman–Crippen MR) is 162 cm³/mol. The van der Waals surface area contributed by atoms with Crippen molar-refractivity contribution in [3.8, 4) is 11.3 Å². The number of aldehydes is 1. The van der Waals surface area contributed by atoms with Crippen molar-refractivity contribution >= 4 is 29.1 Å². The molecule has 1 N–H and O–H groups in total. The molecule has 4 aromatic rings. The van der Waals surface area contributed by atoms with Crippen molar-refractivity contribution in [3.05, 3.63) is 59.2 Å². The second-order valence-electron chi connectivity index (χ2n) is 11.8. The van der Waals surface area contributed by atoms with Crippen LogP contribution in [0.1, 0.15) is 61.6 Å². The summed E-state index contributed by atoms with van der Waals surface area (Å²) in [5.41, 5.74) is 3.31. The first kappa shape index (κ1) is 29.3. The van der Waals surface area contributed by atoms with E-state index in [0.29, 0.717) is 35.5 Å². The van der Waals surface area contributed by atoms with Crippen LogP contribution in [-0.2, 0) is 17.8 Å². The van der Waals surface area contributed by atoms with Gasteiger partial charge >= 0.3 is 0 Å². The van der Waals surface area contributed by atoms with Crippen LogP contribution in [0.15, 0.2) is 30.5 Å². The summed E-state index contributed by atoms with van der Waals surface area (Å²) in [7, 11) is 2.17. The van der Waals surface area contributed by atoms with Gasteiger partial charge in [-0.3, -0.25) is 4.90 Å². The first-order valence-electron chi connectivity index (χ1n) is 15.2. The zero-order valence-corrected chi connectivity index (χ0v) is 24.8. The summed E-state index contributed by atoms with van der Waals surface area (Å²) in [5, 5.41) is 3.06. The topological polar surface area (TPSA) is 92.1 Å². The number of aryl methyl sites for hydroxylation is 1. The van der Waals surface area contributed by atoms with E-state index in [0.717, 1.165) is 68.2 Å². The third-order valence-corrected chi connectivity index (χ3v) is 8.66. The average molecular weight is 589 g/mol. The van der Waals surface area contributed by atoms with E-state index in [1.807, 2.05) is 19.1 Å². The Labute approximate surface area is 250 Å². The van der Waals surface area contributed by atoms with Gasteiger partial charge in [-0.25, -0.2) is 28.7 Å². The van der Waals surface area contributed by atoms with E-state index in [-0.39, 0.29) is 17.7 Å². The lowest BCUT2D eigenvalue weighted by Gasteiger charge is -2.26. The molecule has 7 rings (SSSR count). The highest BCUT2D eigenvalue weighted by atomic mass is 19.1. The third kappa shape index (κ3) is 6.42. The molecule has 0 bridgehead atoms. The van der Waals surface area contributed by atoms with E-state index >= 15 is 4.39 Å². The summed E-state index contributed by atoms with van der Waals surface area (Å²) < 4.78 is 32.1. The van der Waals surface area contributed by atoms with Gasteiger partial charge in [-0.1, -0.05) is 18.9 Å². The number of benzene rings is 1. The normalized spacial score (nSPS) is 17.6. The number of nitrogens with zero attached hydrogens (tertiary/aromatic N) is 7. The van der Waals surface area contributed by atoms with Crippen molar-refractivity contribution in [1.82, 2.24) is 34.3 Å². The molecule has 226 valence electrons. The molecule has 1 saturated carbocycles. The van der Waals surface area contributed by atoms with E-state index in [4.69, 9.17) is 0 Å². The van der Waals surface area contributed by atoms with Gasteiger partial charge in [0.15, 0.2) is 11.6 Å².